The maximum Gasteiger partial charge on any atom is 0.389 e. The van der Waals surface area contributed by atoms with E-state index in [2.05, 4.69) is 4.85 Å². The third-order valence-electron chi connectivity index (χ3n) is 1.60. The quantitative estimate of drug-likeness (QED) is 0.605. The zero-order chi connectivity index (χ0) is 9.94. The van der Waals surface area contributed by atoms with E-state index >= 15 is 0 Å². The molecule has 0 aliphatic heterocycles. The van der Waals surface area contributed by atoms with Crippen LogP contribution in [-0.2, 0) is 9.59 Å². The van der Waals surface area contributed by atoms with Crippen molar-refractivity contribution in [2.24, 2.45) is 5.41 Å². The minimum Gasteiger partial charge on any atom is -0.481 e. The van der Waals surface area contributed by atoms with Gasteiger partial charge in [0.05, 0.1) is 0 Å². The minimum atomic E-state index is -1.55. The van der Waals surface area contributed by atoms with E-state index in [0.29, 0.717) is 0 Å². The molecule has 0 saturated carbocycles. The first-order valence-corrected chi connectivity index (χ1v) is 3.16. The largest absolute Gasteiger partial charge is 0.481 e. The Balaban J connectivity index is 4.87. The summed E-state index contributed by atoms with van der Waals surface area (Å²) in [7, 11) is 0. The zero-order valence-corrected chi connectivity index (χ0v) is 6.74. The first kappa shape index (κ1) is 10.4. The molecule has 0 fully saturated rings. The third-order valence-corrected chi connectivity index (χ3v) is 1.60. The molecule has 5 heteroatoms. The summed E-state index contributed by atoms with van der Waals surface area (Å²) < 4.78 is 0. The Labute approximate surface area is 69.4 Å². The van der Waals surface area contributed by atoms with Gasteiger partial charge in [-0.15, -0.1) is 0 Å². The monoisotopic (exact) mass is 171 g/mol. The van der Waals surface area contributed by atoms with E-state index in [4.69, 9.17) is 16.8 Å². The van der Waals surface area contributed by atoms with Crippen molar-refractivity contribution >= 4 is 11.9 Å². The molecule has 0 amide bonds. The second-order valence-electron chi connectivity index (χ2n) is 2.90. The third kappa shape index (κ3) is 1.72. The van der Waals surface area contributed by atoms with Crippen LogP contribution in [0.1, 0.15) is 13.8 Å². The molecule has 1 unspecified atom stereocenters. The summed E-state index contributed by atoms with van der Waals surface area (Å²) in [6.45, 7) is 8.95. The molecule has 0 aromatic rings. The highest BCUT2D eigenvalue weighted by atomic mass is 16.4. The van der Waals surface area contributed by atoms with Gasteiger partial charge in [0, 0.05) is 0 Å². The molecule has 66 valence electrons. The Bertz CT molecular complexity index is 251. The molecule has 0 heterocycles. The Kier molecular flexibility index (Phi) is 2.80. The molecular weight excluding hydrogens is 162 g/mol. The van der Waals surface area contributed by atoms with Gasteiger partial charge in [0.2, 0.25) is 0 Å². The van der Waals surface area contributed by atoms with Crippen LogP contribution in [0.25, 0.3) is 4.85 Å². The molecule has 1 atom stereocenters. The van der Waals surface area contributed by atoms with Crippen molar-refractivity contribution in [3.8, 4) is 0 Å². The van der Waals surface area contributed by atoms with Crippen molar-refractivity contribution < 1.29 is 19.8 Å². The zero-order valence-electron chi connectivity index (χ0n) is 6.74. The predicted molar refractivity (Wildman–Crippen MR) is 39.4 cm³/mol. The Morgan fingerprint density at radius 1 is 1.42 bits per heavy atom. The van der Waals surface area contributed by atoms with Gasteiger partial charge in [0.1, 0.15) is 5.41 Å². The van der Waals surface area contributed by atoms with E-state index in [1.165, 1.54) is 13.8 Å². The number of hydrogen-bond acceptors (Lipinski definition) is 2. The molecule has 0 bridgehead atoms. The standard InChI is InChI=1S/C7H9NO4/c1-7(2,6(11)12)4(8-3)5(9)10/h4H,1-2H3,(H,9,10)(H,11,12). The van der Waals surface area contributed by atoms with Crippen molar-refractivity contribution in [1.82, 2.24) is 0 Å². The topological polar surface area (TPSA) is 79.0 Å². The van der Waals surface area contributed by atoms with Crippen LogP contribution in [0, 0.1) is 12.0 Å². The normalized spacial score (nSPS) is 13.1. The number of carboxylic acid groups (broad SMARTS) is 2. The summed E-state index contributed by atoms with van der Waals surface area (Å²) in [6.07, 6.45) is 0. The Morgan fingerprint density at radius 2 is 1.83 bits per heavy atom. The fourth-order valence-corrected chi connectivity index (χ4v) is 0.642. The molecule has 2 N–H and O–H groups in total. The summed E-state index contributed by atoms with van der Waals surface area (Å²) >= 11 is 0. The molecule has 5 nitrogen and oxygen atoms in total. The summed E-state index contributed by atoms with van der Waals surface area (Å²) in [5.41, 5.74) is -1.55. The van der Waals surface area contributed by atoms with Gasteiger partial charge in [-0.1, -0.05) is 0 Å². The lowest BCUT2D eigenvalue weighted by Crippen LogP contribution is -2.40. The van der Waals surface area contributed by atoms with Crippen LogP contribution in [0.15, 0.2) is 0 Å². The highest BCUT2D eigenvalue weighted by Crippen LogP contribution is 2.23. The molecule has 0 aliphatic carbocycles. The van der Waals surface area contributed by atoms with Crippen LogP contribution >= 0.6 is 0 Å². The van der Waals surface area contributed by atoms with Crippen molar-refractivity contribution in [3.63, 3.8) is 0 Å². The van der Waals surface area contributed by atoms with E-state index in [0.717, 1.165) is 0 Å². The van der Waals surface area contributed by atoms with Crippen molar-refractivity contribution in [2.75, 3.05) is 0 Å². The lowest BCUT2D eigenvalue weighted by molar-refractivity contribution is -0.154. The van der Waals surface area contributed by atoms with Crippen molar-refractivity contribution in [2.45, 2.75) is 19.9 Å². The lowest BCUT2D eigenvalue weighted by Gasteiger charge is -2.16. The van der Waals surface area contributed by atoms with E-state index in [-0.39, 0.29) is 0 Å². The van der Waals surface area contributed by atoms with Crippen molar-refractivity contribution in [1.29, 1.82) is 0 Å². The highest BCUT2D eigenvalue weighted by Gasteiger charge is 2.47. The van der Waals surface area contributed by atoms with Gasteiger partial charge >= 0.3 is 18.0 Å². The maximum absolute atomic E-state index is 10.5. The average Bonchev–Trinajstić information content (AvgIpc) is 1.86. The van der Waals surface area contributed by atoms with Crippen LogP contribution in [0.2, 0.25) is 0 Å². The molecule has 12 heavy (non-hydrogen) atoms. The fourth-order valence-electron chi connectivity index (χ4n) is 0.642. The SMILES string of the molecule is [C-]#[N+]C(C(=O)O)C(C)(C)C(=O)O. The number of carbonyl (C=O) groups is 2. The van der Waals surface area contributed by atoms with Gasteiger partial charge in [0.15, 0.2) is 0 Å². The van der Waals surface area contributed by atoms with Crippen LogP contribution < -0.4 is 0 Å². The molecular formula is C7H9NO4. The van der Waals surface area contributed by atoms with Gasteiger partial charge in [0.25, 0.3) is 0 Å². The average molecular weight is 171 g/mol. The first-order valence-electron chi connectivity index (χ1n) is 3.16. The van der Waals surface area contributed by atoms with Gasteiger partial charge in [-0.25, -0.2) is 11.4 Å². The predicted octanol–water partition coefficient (Wildman–Crippen LogP) is 0.470. The molecule has 0 spiro atoms. The number of rotatable bonds is 3. The van der Waals surface area contributed by atoms with Crippen LogP contribution in [0.4, 0.5) is 0 Å². The minimum absolute atomic E-state index is 1.21. The number of carboxylic acids is 2. The number of hydrogen-bond donors (Lipinski definition) is 2. The van der Waals surface area contributed by atoms with Crippen LogP contribution in [-0.4, -0.2) is 28.2 Å². The lowest BCUT2D eigenvalue weighted by atomic mass is 9.85. The second kappa shape index (κ2) is 3.22. The molecule has 0 rings (SSSR count). The number of aliphatic carboxylic acids is 2. The van der Waals surface area contributed by atoms with Gasteiger partial charge < -0.3 is 10.2 Å². The Morgan fingerprint density at radius 3 is 1.92 bits per heavy atom. The van der Waals surface area contributed by atoms with E-state index in [9.17, 15) is 9.59 Å². The molecule has 0 saturated heterocycles. The molecule has 0 aliphatic rings. The van der Waals surface area contributed by atoms with Crippen LogP contribution in [0.5, 0.6) is 0 Å². The fraction of sp³-hybridized carbons (Fsp3) is 0.571. The van der Waals surface area contributed by atoms with Crippen molar-refractivity contribution in [3.05, 3.63) is 11.4 Å². The van der Waals surface area contributed by atoms with E-state index in [1.807, 2.05) is 0 Å². The summed E-state index contributed by atoms with van der Waals surface area (Å²) in [4.78, 5) is 23.7. The summed E-state index contributed by atoms with van der Waals surface area (Å²) in [5.74, 6) is -2.69. The summed E-state index contributed by atoms with van der Waals surface area (Å²) in [5, 5.41) is 17.1. The van der Waals surface area contributed by atoms with E-state index in [1.54, 1.807) is 0 Å². The molecule has 0 aromatic heterocycles. The second-order valence-corrected chi connectivity index (χ2v) is 2.90. The van der Waals surface area contributed by atoms with Gasteiger partial charge in [-0.3, -0.25) is 9.64 Å². The maximum atomic E-state index is 10.5. The van der Waals surface area contributed by atoms with Gasteiger partial charge in [-0.2, -0.15) is 0 Å². The highest BCUT2D eigenvalue weighted by molar-refractivity contribution is 5.86. The van der Waals surface area contributed by atoms with Crippen LogP contribution in [0.3, 0.4) is 0 Å². The number of nitrogens with zero attached hydrogens (tertiary/aromatic N) is 1. The van der Waals surface area contributed by atoms with Gasteiger partial charge in [-0.05, 0) is 13.8 Å². The molecule has 0 aromatic carbocycles. The first-order chi connectivity index (χ1) is 5.34. The molecule has 0 radical (unpaired) electrons. The van der Waals surface area contributed by atoms with E-state index < -0.39 is 23.4 Å². The Hall–Kier alpha value is -1.57. The smallest absolute Gasteiger partial charge is 0.389 e. The summed E-state index contributed by atoms with van der Waals surface area (Å²) in [6, 6.07) is -1.53.